The molecule has 0 aromatic heterocycles. The fraction of sp³-hybridized carbons (Fsp3) is 0.818. The SMILES string of the molecule is CC1=C(CC(C)C)C(C)C1C. The van der Waals surface area contributed by atoms with E-state index in [2.05, 4.69) is 34.6 Å². The zero-order chi connectivity index (χ0) is 8.59. The van der Waals surface area contributed by atoms with Gasteiger partial charge in [-0.25, -0.2) is 0 Å². The van der Waals surface area contributed by atoms with Gasteiger partial charge in [0.15, 0.2) is 0 Å². The smallest absolute Gasteiger partial charge is 0.0166 e. The van der Waals surface area contributed by atoms with Crippen molar-refractivity contribution in [2.45, 2.75) is 41.0 Å². The molecule has 0 amide bonds. The summed E-state index contributed by atoms with van der Waals surface area (Å²) in [5, 5.41) is 0. The van der Waals surface area contributed by atoms with Crippen LogP contribution < -0.4 is 0 Å². The van der Waals surface area contributed by atoms with E-state index in [4.69, 9.17) is 0 Å². The minimum Gasteiger partial charge on any atom is -0.0704 e. The van der Waals surface area contributed by atoms with Gasteiger partial charge in [-0.2, -0.15) is 0 Å². The molecule has 0 N–H and O–H groups in total. The molecule has 0 nitrogen and oxygen atoms in total. The van der Waals surface area contributed by atoms with Crippen LogP contribution in [0.4, 0.5) is 0 Å². The standard InChI is InChI=1S/C11H20/c1-7(2)6-11-9(4)8(3)10(11)5/h7-9H,6H2,1-5H3. The van der Waals surface area contributed by atoms with Crippen LogP contribution in [0.25, 0.3) is 0 Å². The van der Waals surface area contributed by atoms with Crippen molar-refractivity contribution in [1.82, 2.24) is 0 Å². The maximum absolute atomic E-state index is 2.36. The predicted octanol–water partition coefficient (Wildman–Crippen LogP) is 3.63. The van der Waals surface area contributed by atoms with Crippen LogP contribution in [0, 0.1) is 17.8 Å². The van der Waals surface area contributed by atoms with E-state index in [9.17, 15) is 0 Å². The van der Waals surface area contributed by atoms with E-state index in [1.807, 2.05) is 0 Å². The van der Waals surface area contributed by atoms with Gasteiger partial charge in [-0.15, -0.1) is 0 Å². The van der Waals surface area contributed by atoms with E-state index >= 15 is 0 Å². The van der Waals surface area contributed by atoms with Gasteiger partial charge >= 0.3 is 0 Å². The summed E-state index contributed by atoms with van der Waals surface area (Å²) in [6.45, 7) is 11.6. The Hall–Kier alpha value is -0.260. The van der Waals surface area contributed by atoms with Gasteiger partial charge in [0.1, 0.15) is 0 Å². The molecule has 0 aliphatic heterocycles. The lowest BCUT2D eigenvalue weighted by Crippen LogP contribution is -2.25. The highest BCUT2D eigenvalue weighted by atomic mass is 14.3. The third-order valence-corrected chi connectivity index (χ3v) is 3.12. The summed E-state index contributed by atoms with van der Waals surface area (Å²) in [4.78, 5) is 0. The van der Waals surface area contributed by atoms with Crippen molar-refractivity contribution in [2.75, 3.05) is 0 Å². The normalized spacial score (nSPS) is 31.1. The van der Waals surface area contributed by atoms with Crippen molar-refractivity contribution in [3.63, 3.8) is 0 Å². The number of hydrogen-bond donors (Lipinski definition) is 0. The summed E-state index contributed by atoms with van der Waals surface area (Å²) in [5.74, 6) is 2.54. The average molecular weight is 152 g/mol. The first-order chi connectivity index (χ1) is 5.04. The third kappa shape index (κ3) is 1.50. The van der Waals surface area contributed by atoms with Gasteiger partial charge < -0.3 is 0 Å². The average Bonchev–Trinajstić information content (AvgIpc) is 1.98. The van der Waals surface area contributed by atoms with Crippen molar-refractivity contribution in [1.29, 1.82) is 0 Å². The highest BCUT2D eigenvalue weighted by Crippen LogP contribution is 2.42. The van der Waals surface area contributed by atoms with Gasteiger partial charge in [0, 0.05) is 0 Å². The highest BCUT2D eigenvalue weighted by Gasteiger charge is 2.30. The summed E-state index contributed by atoms with van der Waals surface area (Å²) < 4.78 is 0. The van der Waals surface area contributed by atoms with Crippen LogP contribution in [0.2, 0.25) is 0 Å². The van der Waals surface area contributed by atoms with Crippen molar-refractivity contribution in [3.05, 3.63) is 11.1 Å². The molecular weight excluding hydrogens is 132 g/mol. The van der Waals surface area contributed by atoms with Crippen LogP contribution in [0.1, 0.15) is 41.0 Å². The van der Waals surface area contributed by atoms with Gasteiger partial charge in [0.25, 0.3) is 0 Å². The van der Waals surface area contributed by atoms with Gasteiger partial charge in [-0.05, 0) is 31.1 Å². The maximum atomic E-state index is 2.36. The van der Waals surface area contributed by atoms with E-state index in [0.717, 1.165) is 17.8 Å². The van der Waals surface area contributed by atoms with Gasteiger partial charge in [0.2, 0.25) is 0 Å². The summed E-state index contributed by atoms with van der Waals surface area (Å²) in [6.07, 6.45) is 1.32. The molecule has 0 bridgehead atoms. The van der Waals surface area contributed by atoms with E-state index < -0.39 is 0 Å². The molecule has 0 aromatic carbocycles. The van der Waals surface area contributed by atoms with E-state index in [1.165, 1.54) is 6.42 Å². The van der Waals surface area contributed by atoms with Crippen molar-refractivity contribution in [3.8, 4) is 0 Å². The third-order valence-electron chi connectivity index (χ3n) is 3.12. The molecule has 0 aromatic rings. The number of hydrogen-bond acceptors (Lipinski definition) is 0. The molecule has 0 heterocycles. The summed E-state index contributed by atoms with van der Waals surface area (Å²) >= 11 is 0. The number of rotatable bonds is 2. The lowest BCUT2D eigenvalue weighted by Gasteiger charge is -2.37. The molecule has 1 aliphatic carbocycles. The molecule has 1 aliphatic rings. The minimum atomic E-state index is 0.829. The Labute approximate surface area is 70.7 Å². The molecule has 0 radical (unpaired) electrons. The monoisotopic (exact) mass is 152 g/mol. The molecule has 2 atom stereocenters. The Morgan fingerprint density at radius 2 is 1.73 bits per heavy atom. The molecule has 64 valence electrons. The molecule has 0 saturated heterocycles. The molecule has 0 fully saturated rings. The number of allylic oxidation sites excluding steroid dienone is 2. The molecule has 11 heavy (non-hydrogen) atoms. The molecule has 0 spiro atoms. The van der Waals surface area contributed by atoms with Crippen LogP contribution in [0.5, 0.6) is 0 Å². The van der Waals surface area contributed by atoms with Crippen molar-refractivity contribution >= 4 is 0 Å². The molecular formula is C11H20. The Balaban J connectivity index is 2.59. The first-order valence-electron chi connectivity index (χ1n) is 4.73. The Bertz CT molecular complexity index is 174. The molecule has 1 rings (SSSR count). The van der Waals surface area contributed by atoms with Gasteiger partial charge in [-0.3, -0.25) is 0 Å². The topological polar surface area (TPSA) is 0 Å². The van der Waals surface area contributed by atoms with Crippen molar-refractivity contribution in [2.24, 2.45) is 17.8 Å². The first kappa shape index (κ1) is 8.83. The van der Waals surface area contributed by atoms with Crippen LogP contribution in [0.15, 0.2) is 11.1 Å². The van der Waals surface area contributed by atoms with E-state index in [0.29, 0.717) is 0 Å². The second-order valence-corrected chi connectivity index (χ2v) is 4.38. The Kier molecular flexibility index (Phi) is 2.41. The molecule has 2 unspecified atom stereocenters. The lowest BCUT2D eigenvalue weighted by molar-refractivity contribution is 0.391. The molecule has 0 saturated carbocycles. The van der Waals surface area contributed by atoms with Crippen LogP contribution in [0.3, 0.4) is 0 Å². The van der Waals surface area contributed by atoms with E-state index in [-0.39, 0.29) is 0 Å². The zero-order valence-corrected chi connectivity index (χ0v) is 8.44. The summed E-state index contributed by atoms with van der Waals surface area (Å²) in [5.41, 5.74) is 3.39. The zero-order valence-electron chi connectivity index (χ0n) is 8.44. The van der Waals surface area contributed by atoms with Crippen LogP contribution >= 0.6 is 0 Å². The quantitative estimate of drug-likeness (QED) is 0.530. The minimum absolute atomic E-state index is 0.829. The Morgan fingerprint density at radius 1 is 1.18 bits per heavy atom. The lowest BCUT2D eigenvalue weighted by atomic mass is 9.68. The van der Waals surface area contributed by atoms with Gasteiger partial charge in [-0.1, -0.05) is 38.8 Å². The second-order valence-electron chi connectivity index (χ2n) is 4.38. The van der Waals surface area contributed by atoms with Crippen LogP contribution in [-0.2, 0) is 0 Å². The fourth-order valence-electron chi connectivity index (χ4n) is 2.02. The van der Waals surface area contributed by atoms with E-state index in [1.54, 1.807) is 11.1 Å². The fourth-order valence-corrected chi connectivity index (χ4v) is 2.02. The second kappa shape index (κ2) is 3.00. The summed E-state index contributed by atoms with van der Waals surface area (Å²) in [6, 6.07) is 0. The highest BCUT2D eigenvalue weighted by molar-refractivity contribution is 5.29. The van der Waals surface area contributed by atoms with Gasteiger partial charge in [0.05, 0.1) is 0 Å². The molecule has 0 heteroatoms. The largest absolute Gasteiger partial charge is 0.0704 e. The summed E-state index contributed by atoms with van der Waals surface area (Å²) in [7, 11) is 0. The van der Waals surface area contributed by atoms with Crippen LogP contribution in [-0.4, -0.2) is 0 Å². The van der Waals surface area contributed by atoms with Crippen molar-refractivity contribution < 1.29 is 0 Å². The first-order valence-corrected chi connectivity index (χ1v) is 4.73. The Morgan fingerprint density at radius 3 is 2.09 bits per heavy atom. The predicted molar refractivity (Wildman–Crippen MR) is 50.5 cm³/mol. The maximum Gasteiger partial charge on any atom is -0.0166 e.